The highest BCUT2D eigenvalue weighted by atomic mass is 19.3. The van der Waals surface area contributed by atoms with E-state index in [1.165, 1.54) is 29.2 Å². The zero-order valence-corrected chi connectivity index (χ0v) is 26.7. The van der Waals surface area contributed by atoms with Crippen LogP contribution in [0.15, 0.2) is 40.8 Å². The average Bonchev–Trinajstić information content (AvgIpc) is 3.41. The SMILES string of the molecule is CN(C)C(=O)CCCCOc1cc(-c2nc(C(=O)NCc3ccc(F)cc3F)c([C@H](CC(C)(C)C)OC(N)=O)o2)ccc1OC(F)F. The van der Waals surface area contributed by atoms with Crippen LogP contribution in [0.25, 0.3) is 11.5 Å². The molecule has 0 spiro atoms. The topological polar surface area (TPSA) is 146 Å². The lowest BCUT2D eigenvalue weighted by molar-refractivity contribution is -0.128. The van der Waals surface area contributed by atoms with Gasteiger partial charge in [0.2, 0.25) is 11.8 Å². The van der Waals surface area contributed by atoms with E-state index in [0.29, 0.717) is 18.9 Å². The van der Waals surface area contributed by atoms with Gasteiger partial charge in [-0.2, -0.15) is 8.78 Å². The largest absolute Gasteiger partial charge is 0.490 e. The van der Waals surface area contributed by atoms with Gasteiger partial charge < -0.3 is 34.6 Å². The van der Waals surface area contributed by atoms with Gasteiger partial charge >= 0.3 is 12.7 Å². The number of unbranched alkanes of at least 4 members (excludes halogenated alkanes) is 1. The van der Waals surface area contributed by atoms with E-state index in [0.717, 1.165) is 6.07 Å². The Hall–Kier alpha value is -4.82. The van der Waals surface area contributed by atoms with Crippen LogP contribution in [0.4, 0.5) is 22.4 Å². The number of nitrogens with zero attached hydrogens (tertiary/aromatic N) is 2. The molecule has 11 nitrogen and oxygen atoms in total. The minimum absolute atomic E-state index is 0.00728. The number of benzene rings is 2. The molecule has 1 aromatic heterocycles. The maximum Gasteiger partial charge on any atom is 0.405 e. The van der Waals surface area contributed by atoms with Crippen LogP contribution in [0, 0.1) is 17.0 Å². The number of aromatic nitrogens is 1. The molecule has 1 atom stereocenters. The number of amides is 3. The fourth-order valence-corrected chi connectivity index (χ4v) is 4.38. The van der Waals surface area contributed by atoms with E-state index in [-0.39, 0.29) is 71.9 Å². The number of nitrogens with one attached hydrogen (secondary N) is 1. The predicted octanol–water partition coefficient (Wildman–Crippen LogP) is 6.36. The smallest absolute Gasteiger partial charge is 0.405 e. The Morgan fingerprint density at radius 3 is 2.38 bits per heavy atom. The Bertz CT molecular complexity index is 1560. The van der Waals surface area contributed by atoms with Gasteiger partial charge in [-0.15, -0.1) is 0 Å². The van der Waals surface area contributed by atoms with E-state index in [1.807, 2.05) is 20.8 Å². The third-order valence-corrected chi connectivity index (χ3v) is 6.62. The van der Waals surface area contributed by atoms with Gasteiger partial charge in [-0.05, 0) is 48.9 Å². The van der Waals surface area contributed by atoms with Crippen molar-refractivity contribution in [2.45, 2.75) is 65.7 Å². The third kappa shape index (κ3) is 11.2. The highest BCUT2D eigenvalue weighted by Gasteiger charge is 2.33. The Labute approximate surface area is 269 Å². The molecule has 3 N–H and O–H groups in total. The van der Waals surface area contributed by atoms with Crippen LogP contribution in [0.1, 0.15) is 74.4 Å². The molecule has 1 heterocycles. The van der Waals surface area contributed by atoms with Crippen LogP contribution in [0.3, 0.4) is 0 Å². The summed E-state index contributed by atoms with van der Waals surface area (Å²) in [6.07, 6.45) is -0.993. The molecule has 0 aliphatic rings. The number of hydrogen-bond donors (Lipinski definition) is 2. The molecule has 47 heavy (non-hydrogen) atoms. The van der Waals surface area contributed by atoms with Crippen molar-refractivity contribution in [2.24, 2.45) is 11.1 Å². The molecule has 3 aromatic rings. The molecule has 15 heteroatoms. The minimum Gasteiger partial charge on any atom is -0.490 e. The monoisotopic (exact) mass is 666 g/mol. The van der Waals surface area contributed by atoms with Crippen molar-refractivity contribution < 1.29 is 50.6 Å². The van der Waals surface area contributed by atoms with E-state index in [4.69, 9.17) is 19.6 Å². The van der Waals surface area contributed by atoms with Gasteiger partial charge in [0.15, 0.2) is 29.1 Å². The number of alkyl halides is 2. The first-order valence-electron chi connectivity index (χ1n) is 14.6. The second-order valence-electron chi connectivity index (χ2n) is 12.0. The summed E-state index contributed by atoms with van der Waals surface area (Å²) in [5, 5.41) is 2.50. The number of carbonyl (C=O) groups is 3. The molecular weight excluding hydrogens is 628 g/mol. The number of carbonyl (C=O) groups excluding carboxylic acids is 3. The number of primary amides is 1. The summed E-state index contributed by atoms with van der Waals surface area (Å²) in [6, 6.07) is 6.75. The lowest BCUT2D eigenvalue weighted by Crippen LogP contribution is -2.27. The number of nitrogens with two attached hydrogens (primary N) is 1. The Morgan fingerprint density at radius 1 is 1.04 bits per heavy atom. The fourth-order valence-electron chi connectivity index (χ4n) is 4.38. The van der Waals surface area contributed by atoms with Gasteiger partial charge in [-0.25, -0.2) is 18.6 Å². The Kier molecular flexibility index (Phi) is 12.6. The molecular formula is C32H38F4N4O7. The van der Waals surface area contributed by atoms with Crippen molar-refractivity contribution >= 4 is 17.9 Å². The number of rotatable bonds is 15. The van der Waals surface area contributed by atoms with Crippen molar-refractivity contribution in [3.63, 3.8) is 0 Å². The molecule has 0 fully saturated rings. The summed E-state index contributed by atoms with van der Waals surface area (Å²) < 4.78 is 75.5. The van der Waals surface area contributed by atoms with Gasteiger partial charge in [0, 0.05) is 44.3 Å². The first kappa shape index (κ1) is 36.6. The second-order valence-corrected chi connectivity index (χ2v) is 12.0. The van der Waals surface area contributed by atoms with Crippen LogP contribution < -0.4 is 20.5 Å². The minimum atomic E-state index is -3.15. The van der Waals surface area contributed by atoms with Gasteiger partial charge in [-0.1, -0.05) is 26.8 Å². The van der Waals surface area contributed by atoms with Gasteiger partial charge in [-0.3, -0.25) is 9.59 Å². The highest BCUT2D eigenvalue weighted by molar-refractivity contribution is 5.94. The van der Waals surface area contributed by atoms with Crippen LogP contribution in [0.5, 0.6) is 11.5 Å². The molecule has 2 aromatic carbocycles. The molecule has 0 bridgehead atoms. The molecule has 0 aliphatic carbocycles. The number of halogens is 4. The average molecular weight is 667 g/mol. The highest BCUT2D eigenvalue weighted by Crippen LogP contribution is 2.38. The summed E-state index contributed by atoms with van der Waals surface area (Å²) in [4.78, 5) is 42.8. The van der Waals surface area contributed by atoms with Gasteiger partial charge in [0.05, 0.1) is 6.61 Å². The summed E-state index contributed by atoms with van der Waals surface area (Å²) >= 11 is 0. The molecule has 3 rings (SSSR count). The van der Waals surface area contributed by atoms with Crippen molar-refractivity contribution in [1.82, 2.24) is 15.2 Å². The van der Waals surface area contributed by atoms with E-state index >= 15 is 0 Å². The van der Waals surface area contributed by atoms with E-state index in [2.05, 4.69) is 15.0 Å². The second kappa shape index (κ2) is 16.1. The lowest BCUT2D eigenvalue weighted by Gasteiger charge is -2.24. The quantitative estimate of drug-likeness (QED) is 0.141. The Balaban J connectivity index is 1.98. The first-order valence-corrected chi connectivity index (χ1v) is 14.6. The zero-order valence-electron chi connectivity index (χ0n) is 26.7. The van der Waals surface area contributed by atoms with E-state index < -0.39 is 41.8 Å². The van der Waals surface area contributed by atoms with Crippen molar-refractivity contribution in [3.8, 4) is 23.0 Å². The lowest BCUT2D eigenvalue weighted by atomic mass is 9.88. The van der Waals surface area contributed by atoms with E-state index in [9.17, 15) is 31.9 Å². The summed E-state index contributed by atoms with van der Waals surface area (Å²) in [7, 11) is 3.27. The summed E-state index contributed by atoms with van der Waals surface area (Å²) in [5.41, 5.74) is 4.71. The first-order chi connectivity index (χ1) is 22.0. The number of hydrogen-bond acceptors (Lipinski definition) is 8. The van der Waals surface area contributed by atoms with Crippen molar-refractivity contribution in [1.29, 1.82) is 0 Å². The standard InChI is InChI=1S/C32H38F4N4O7/c1-32(2,3)16-24(46-31(37)43)27-26(28(42)38-17-19-9-11-20(33)15-21(19)34)39-29(47-27)18-10-12-22(45-30(35)36)23(14-18)44-13-7-6-8-25(41)40(4)5/h9-12,14-15,24,30H,6-8,13,16-17H2,1-5H3,(H2,37,43)(H,38,42)/t24-/m0/s1. The number of ether oxygens (including phenoxy) is 3. The molecule has 3 amide bonds. The number of oxazole rings is 1. The maximum absolute atomic E-state index is 14.2. The fraction of sp³-hybridized carbons (Fsp3) is 0.438. The van der Waals surface area contributed by atoms with Crippen molar-refractivity contribution in [3.05, 3.63) is 65.1 Å². The van der Waals surface area contributed by atoms with Crippen LogP contribution in [-0.2, 0) is 16.1 Å². The van der Waals surface area contributed by atoms with Crippen LogP contribution in [0.2, 0.25) is 0 Å². The van der Waals surface area contributed by atoms with Crippen LogP contribution >= 0.6 is 0 Å². The maximum atomic E-state index is 14.2. The van der Waals surface area contributed by atoms with Crippen molar-refractivity contribution in [2.75, 3.05) is 20.7 Å². The molecule has 0 aliphatic heterocycles. The molecule has 0 saturated carbocycles. The molecule has 256 valence electrons. The van der Waals surface area contributed by atoms with Gasteiger partial charge in [0.1, 0.15) is 11.6 Å². The zero-order chi connectivity index (χ0) is 34.9. The Morgan fingerprint density at radius 2 is 1.77 bits per heavy atom. The summed E-state index contributed by atoms with van der Waals surface area (Å²) in [5.74, 6) is -3.28. The molecule has 0 radical (unpaired) electrons. The predicted molar refractivity (Wildman–Crippen MR) is 162 cm³/mol. The third-order valence-electron chi connectivity index (χ3n) is 6.62. The van der Waals surface area contributed by atoms with Gasteiger partial charge in [0.25, 0.3) is 5.91 Å². The van der Waals surface area contributed by atoms with E-state index in [1.54, 1.807) is 14.1 Å². The normalized spacial score (nSPS) is 12.0. The van der Waals surface area contributed by atoms with Crippen LogP contribution in [-0.4, -0.2) is 55.1 Å². The molecule has 0 unspecified atom stereocenters. The molecule has 0 saturated heterocycles. The summed E-state index contributed by atoms with van der Waals surface area (Å²) in [6.45, 7) is 2.11.